The number of thiocarbonyl (C=S) groups is 1. The fourth-order valence-electron chi connectivity index (χ4n) is 3.23. The molecule has 0 aliphatic carbocycles. The Morgan fingerprint density at radius 2 is 1.87 bits per heavy atom. The lowest BCUT2D eigenvalue weighted by atomic mass is 10.0. The summed E-state index contributed by atoms with van der Waals surface area (Å²) in [6, 6.07) is 18.2. The first-order valence-corrected chi connectivity index (χ1v) is 11.1. The summed E-state index contributed by atoms with van der Waals surface area (Å²) in [5.41, 5.74) is 5.14. The topological polar surface area (TPSA) is 50.4 Å². The Kier molecular flexibility index (Phi) is 7.24. The molecule has 1 heterocycles. The van der Waals surface area contributed by atoms with Crippen LogP contribution in [-0.2, 0) is 4.74 Å². The van der Waals surface area contributed by atoms with Gasteiger partial charge in [0.25, 0.3) is 0 Å². The highest BCUT2D eigenvalue weighted by molar-refractivity contribution is 7.80. The van der Waals surface area contributed by atoms with E-state index in [0.717, 1.165) is 10.4 Å². The van der Waals surface area contributed by atoms with E-state index in [1.165, 1.54) is 28.0 Å². The molecule has 1 unspecified atom stereocenters. The van der Waals surface area contributed by atoms with Gasteiger partial charge in [-0.05, 0) is 62.7 Å². The van der Waals surface area contributed by atoms with Gasteiger partial charge in [-0.2, -0.15) is 0 Å². The molecule has 1 aromatic heterocycles. The predicted octanol–water partition coefficient (Wildman–Crippen LogP) is 6.26. The van der Waals surface area contributed by atoms with Crippen LogP contribution in [0.2, 0.25) is 0 Å². The maximum absolute atomic E-state index is 12.5. The molecule has 3 aromatic rings. The Bertz CT molecular complexity index is 1040. The summed E-state index contributed by atoms with van der Waals surface area (Å²) in [5.74, 6) is -0.358. The highest BCUT2D eigenvalue weighted by Gasteiger charge is 2.20. The van der Waals surface area contributed by atoms with Crippen molar-refractivity contribution in [1.29, 1.82) is 0 Å². The van der Waals surface area contributed by atoms with E-state index < -0.39 is 0 Å². The van der Waals surface area contributed by atoms with Gasteiger partial charge in [-0.25, -0.2) is 4.79 Å². The first-order valence-electron chi connectivity index (χ1n) is 9.90. The second-order valence-electron chi connectivity index (χ2n) is 7.12. The maximum Gasteiger partial charge on any atom is 0.341 e. The van der Waals surface area contributed by atoms with Gasteiger partial charge in [-0.1, -0.05) is 54.1 Å². The monoisotopic (exact) mass is 438 g/mol. The summed E-state index contributed by atoms with van der Waals surface area (Å²) in [4.78, 5) is 13.5. The molecular formula is C24H26N2O2S2. The van der Waals surface area contributed by atoms with Crippen LogP contribution < -0.4 is 10.6 Å². The van der Waals surface area contributed by atoms with Crippen LogP contribution in [0.25, 0.3) is 10.4 Å². The van der Waals surface area contributed by atoms with Crippen molar-refractivity contribution >= 4 is 39.6 Å². The number of anilines is 1. The van der Waals surface area contributed by atoms with E-state index in [4.69, 9.17) is 17.0 Å². The van der Waals surface area contributed by atoms with Gasteiger partial charge in [0.05, 0.1) is 18.2 Å². The fourth-order valence-corrected chi connectivity index (χ4v) is 4.63. The number of carbonyl (C=O) groups is 1. The van der Waals surface area contributed by atoms with Gasteiger partial charge in [-0.3, -0.25) is 0 Å². The average molecular weight is 439 g/mol. The zero-order valence-electron chi connectivity index (χ0n) is 17.6. The van der Waals surface area contributed by atoms with Gasteiger partial charge in [0, 0.05) is 4.88 Å². The third kappa shape index (κ3) is 5.26. The average Bonchev–Trinajstić information content (AvgIpc) is 3.14. The van der Waals surface area contributed by atoms with Crippen molar-refractivity contribution in [2.24, 2.45) is 0 Å². The van der Waals surface area contributed by atoms with Crippen molar-refractivity contribution in [2.75, 3.05) is 11.9 Å². The summed E-state index contributed by atoms with van der Waals surface area (Å²) < 4.78 is 5.24. The number of ether oxygens (including phenoxy) is 1. The second-order valence-corrected chi connectivity index (χ2v) is 8.58. The van der Waals surface area contributed by atoms with Crippen molar-refractivity contribution in [1.82, 2.24) is 5.32 Å². The van der Waals surface area contributed by atoms with Crippen LogP contribution in [0.1, 0.15) is 46.9 Å². The third-order valence-corrected chi connectivity index (χ3v) is 6.08. The standard InChI is InChI=1S/C24H26N2O2S2/c1-5-28-23(27)20-14-21(18-9-7-6-8-10-18)30-22(20)26-24(29)25-17(4)19-13-15(2)11-12-16(19)3/h6-14,17H,5H2,1-4H3,(H2,25,26,29). The Balaban J connectivity index is 1.82. The van der Waals surface area contributed by atoms with Crippen LogP contribution in [0, 0.1) is 13.8 Å². The number of esters is 1. The second kappa shape index (κ2) is 9.87. The van der Waals surface area contributed by atoms with E-state index >= 15 is 0 Å². The van der Waals surface area contributed by atoms with Crippen LogP contribution in [0.3, 0.4) is 0 Å². The first kappa shape index (κ1) is 22.0. The van der Waals surface area contributed by atoms with Crippen LogP contribution in [-0.4, -0.2) is 17.7 Å². The summed E-state index contributed by atoms with van der Waals surface area (Å²) in [6.45, 7) is 8.36. The molecular weight excluding hydrogens is 412 g/mol. The van der Waals surface area contributed by atoms with Crippen molar-refractivity contribution < 1.29 is 9.53 Å². The lowest BCUT2D eigenvalue weighted by molar-refractivity contribution is 0.0528. The van der Waals surface area contributed by atoms with E-state index in [9.17, 15) is 4.79 Å². The Morgan fingerprint density at radius 3 is 2.57 bits per heavy atom. The summed E-state index contributed by atoms with van der Waals surface area (Å²) in [7, 11) is 0. The number of aryl methyl sites for hydroxylation is 2. The van der Waals surface area contributed by atoms with Crippen LogP contribution >= 0.6 is 23.6 Å². The van der Waals surface area contributed by atoms with E-state index in [1.807, 2.05) is 36.4 Å². The minimum atomic E-state index is -0.358. The Labute approximate surface area is 187 Å². The minimum absolute atomic E-state index is 0.0319. The molecule has 6 heteroatoms. The zero-order valence-corrected chi connectivity index (χ0v) is 19.2. The molecule has 3 rings (SSSR count). The zero-order chi connectivity index (χ0) is 21.7. The Hall–Kier alpha value is -2.70. The Morgan fingerprint density at radius 1 is 1.13 bits per heavy atom. The van der Waals surface area contributed by atoms with E-state index in [1.54, 1.807) is 6.92 Å². The van der Waals surface area contributed by atoms with Crippen molar-refractivity contribution in [3.05, 3.63) is 76.9 Å². The molecule has 0 amide bonds. The predicted molar refractivity (Wildman–Crippen MR) is 129 cm³/mol. The third-order valence-electron chi connectivity index (χ3n) is 4.76. The molecule has 0 aliphatic rings. The van der Waals surface area contributed by atoms with Gasteiger partial charge in [0.2, 0.25) is 0 Å². The van der Waals surface area contributed by atoms with Crippen LogP contribution in [0.15, 0.2) is 54.6 Å². The van der Waals surface area contributed by atoms with Crippen molar-refractivity contribution in [3.8, 4) is 10.4 Å². The molecule has 156 valence electrons. The molecule has 0 aliphatic heterocycles. The SMILES string of the molecule is CCOC(=O)c1cc(-c2ccccc2)sc1NC(=S)NC(C)c1cc(C)ccc1C. The molecule has 0 spiro atoms. The van der Waals surface area contributed by atoms with E-state index in [0.29, 0.717) is 22.3 Å². The van der Waals surface area contributed by atoms with Crippen LogP contribution in [0.5, 0.6) is 0 Å². The van der Waals surface area contributed by atoms with Gasteiger partial charge in [-0.15, -0.1) is 11.3 Å². The summed E-state index contributed by atoms with van der Waals surface area (Å²) in [6.07, 6.45) is 0. The number of nitrogens with one attached hydrogen (secondary N) is 2. The number of benzene rings is 2. The number of rotatable bonds is 6. The smallest absolute Gasteiger partial charge is 0.341 e. The molecule has 0 saturated carbocycles. The first-order chi connectivity index (χ1) is 14.4. The molecule has 4 nitrogen and oxygen atoms in total. The number of thiophene rings is 1. The van der Waals surface area contributed by atoms with E-state index in [2.05, 4.69) is 49.6 Å². The molecule has 0 radical (unpaired) electrons. The van der Waals surface area contributed by atoms with E-state index in [-0.39, 0.29) is 12.0 Å². The number of carbonyl (C=O) groups excluding carboxylic acids is 1. The number of hydrogen-bond acceptors (Lipinski definition) is 4. The van der Waals surface area contributed by atoms with Gasteiger partial charge >= 0.3 is 5.97 Å². The molecule has 0 bridgehead atoms. The molecule has 2 N–H and O–H groups in total. The van der Waals surface area contributed by atoms with Gasteiger partial charge in [0.1, 0.15) is 5.00 Å². The number of hydrogen-bond donors (Lipinski definition) is 2. The molecule has 30 heavy (non-hydrogen) atoms. The lowest BCUT2D eigenvalue weighted by Crippen LogP contribution is -2.31. The summed E-state index contributed by atoms with van der Waals surface area (Å²) in [5, 5.41) is 7.69. The van der Waals surface area contributed by atoms with Crippen molar-refractivity contribution in [3.63, 3.8) is 0 Å². The van der Waals surface area contributed by atoms with Gasteiger partial charge in [0.15, 0.2) is 5.11 Å². The van der Waals surface area contributed by atoms with Crippen LogP contribution in [0.4, 0.5) is 5.00 Å². The minimum Gasteiger partial charge on any atom is -0.462 e. The fraction of sp³-hybridized carbons (Fsp3) is 0.250. The molecule has 1 atom stereocenters. The highest BCUT2D eigenvalue weighted by Crippen LogP contribution is 2.36. The molecule has 0 fully saturated rings. The van der Waals surface area contributed by atoms with Crippen molar-refractivity contribution in [2.45, 2.75) is 33.7 Å². The lowest BCUT2D eigenvalue weighted by Gasteiger charge is -2.19. The highest BCUT2D eigenvalue weighted by atomic mass is 32.1. The van der Waals surface area contributed by atoms with Gasteiger partial charge < -0.3 is 15.4 Å². The molecule has 2 aromatic carbocycles. The molecule has 0 saturated heterocycles. The maximum atomic E-state index is 12.5. The largest absolute Gasteiger partial charge is 0.462 e. The quantitative estimate of drug-likeness (QED) is 0.352. The summed E-state index contributed by atoms with van der Waals surface area (Å²) >= 11 is 7.04. The normalized spacial score (nSPS) is 11.6.